The Hall–Kier alpha value is -0.320. The molecule has 62 valence electrons. The molecule has 0 saturated carbocycles. The molecule has 0 rings (SSSR count). The maximum Gasteiger partial charge on any atom is 0.417 e. The van der Waals surface area contributed by atoms with Gasteiger partial charge in [0, 0.05) is 0 Å². The highest BCUT2D eigenvalue weighted by molar-refractivity contribution is 4.82. The van der Waals surface area contributed by atoms with Crippen molar-refractivity contribution in [3.05, 3.63) is 0 Å². The minimum Gasteiger partial charge on any atom is -0.381 e. The molecule has 0 aliphatic rings. The van der Waals surface area contributed by atoms with Gasteiger partial charge >= 0.3 is 6.18 Å². The lowest BCUT2D eigenvalue weighted by molar-refractivity contribution is -0.235. The highest BCUT2D eigenvalue weighted by Crippen LogP contribution is 2.29. The summed E-state index contributed by atoms with van der Waals surface area (Å²) >= 11 is 0. The van der Waals surface area contributed by atoms with E-state index in [2.05, 4.69) is 0 Å². The fraction of sp³-hybridized carbons (Fsp3) is 1.00. The minimum absolute atomic E-state index is 0.672. The van der Waals surface area contributed by atoms with Gasteiger partial charge in [-0.3, -0.25) is 0 Å². The smallest absolute Gasteiger partial charge is 0.381 e. The van der Waals surface area contributed by atoms with Crippen LogP contribution in [0.2, 0.25) is 0 Å². The first-order valence-electron chi connectivity index (χ1n) is 2.59. The molecule has 0 amide bonds. The zero-order chi connectivity index (χ0) is 8.58. The van der Waals surface area contributed by atoms with Crippen molar-refractivity contribution in [1.82, 2.24) is 0 Å². The molecule has 1 nitrogen and oxygen atoms in total. The van der Waals surface area contributed by atoms with E-state index in [1.54, 1.807) is 0 Å². The molecule has 0 aliphatic heterocycles. The Kier molecular flexibility index (Phi) is 2.30. The summed E-state index contributed by atoms with van der Waals surface area (Å²) < 4.78 is 46.7. The first-order valence-corrected chi connectivity index (χ1v) is 2.59. The Bertz CT molecular complexity index is 97.8. The van der Waals surface area contributed by atoms with Crippen molar-refractivity contribution in [3.63, 3.8) is 0 Å². The third-order valence-corrected chi connectivity index (χ3v) is 0.960. The highest BCUT2D eigenvalue weighted by atomic mass is 19.4. The van der Waals surface area contributed by atoms with Crippen molar-refractivity contribution in [2.45, 2.75) is 31.8 Å². The van der Waals surface area contributed by atoms with Crippen molar-refractivity contribution >= 4 is 0 Å². The van der Waals surface area contributed by atoms with Gasteiger partial charge in [-0.25, -0.2) is 4.39 Å². The Balaban J connectivity index is 4.23. The lowest BCUT2D eigenvalue weighted by Crippen LogP contribution is -2.43. The molecule has 10 heavy (non-hydrogen) atoms. The summed E-state index contributed by atoms with van der Waals surface area (Å²) in [5.41, 5.74) is -2.63. The molecule has 0 aromatic heterocycles. The second-order valence-electron chi connectivity index (χ2n) is 2.51. The van der Waals surface area contributed by atoms with Gasteiger partial charge < -0.3 is 5.11 Å². The lowest BCUT2D eigenvalue weighted by atomic mass is 10.0. The average molecular weight is 160 g/mol. The molecule has 0 heterocycles. The van der Waals surface area contributed by atoms with Crippen LogP contribution in [0.5, 0.6) is 0 Å². The SMILES string of the molecule is CC(C)(F)[C@H](O)C(F)(F)F. The Morgan fingerprint density at radius 2 is 1.40 bits per heavy atom. The number of aliphatic hydroxyl groups excluding tert-OH is 1. The summed E-state index contributed by atoms with van der Waals surface area (Å²) in [6.07, 6.45) is -7.78. The van der Waals surface area contributed by atoms with Crippen molar-refractivity contribution in [1.29, 1.82) is 0 Å². The van der Waals surface area contributed by atoms with Crippen molar-refractivity contribution in [3.8, 4) is 0 Å². The van der Waals surface area contributed by atoms with Crippen LogP contribution in [-0.2, 0) is 0 Å². The molecule has 0 aliphatic carbocycles. The summed E-state index contributed by atoms with van der Waals surface area (Å²) in [5.74, 6) is 0. The molecule has 0 radical (unpaired) electrons. The monoisotopic (exact) mass is 160 g/mol. The van der Waals surface area contributed by atoms with Gasteiger partial charge in [0.25, 0.3) is 0 Å². The lowest BCUT2D eigenvalue weighted by Gasteiger charge is -2.23. The van der Waals surface area contributed by atoms with E-state index in [4.69, 9.17) is 5.11 Å². The summed E-state index contributed by atoms with van der Waals surface area (Å²) in [6.45, 7) is 1.34. The van der Waals surface area contributed by atoms with E-state index in [9.17, 15) is 17.6 Å². The van der Waals surface area contributed by atoms with Gasteiger partial charge in [-0.15, -0.1) is 0 Å². The van der Waals surface area contributed by atoms with Crippen LogP contribution in [0, 0.1) is 0 Å². The second-order valence-corrected chi connectivity index (χ2v) is 2.51. The molecule has 1 atom stereocenters. The van der Waals surface area contributed by atoms with Crippen LogP contribution in [0.25, 0.3) is 0 Å². The molecule has 5 heteroatoms. The zero-order valence-electron chi connectivity index (χ0n) is 5.54. The van der Waals surface area contributed by atoms with Crippen LogP contribution in [-0.4, -0.2) is 23.1 Å². The van der Waals surface area contributed by atoms with E-state index in [0.717, 1.165) is 0 Å². The minimum atomic E-state index is -4.88. The normalized spacial score (nSPS) is 17.1. The van der Waals surface area contributed by atoms with Crippen LogP contribution in [0.4, 0.5) is 17.6 Å². The molecular formula is C5H8F4O. The van der Waals surface area contributed by atoms with Crippen LogP contribution in [0.15, 0.2) is 0 Å². The Labute approximate surface area is 55.7 Å². The predicted molar refractivity (Wildman–Crippen MR) is 27.2 cm³/mol. The van der Waals surface area contributed by atoms with Gasteiger partial charge in [0.1, 0.15) is 5.67 Å². The van der Waals surface area contributed by atoms with E-state index in [-0.39, 0.29) is 0 Å². The standard InChI is InChI=1S/C5H8F4O/c1-4(2,6)3(10)5(7,8)9/h3,10H,1-2H3/t3-/m0/s1. The Morgan fingerprint density at radius 3 is 1.40 bits per heavy atom. The third-order valence-electron chi connectivity index (χ3n) is 0.960. The number of hydrogen-bond donors (Lipinski definition) is 1. The molecule has 0 bridgehead atoms. The van der Waals surface area contributed by atoms with Crippen molar-refractivity contribution in [2.24, 2.45) is 0 Å². The average Bonchev–Trinajstić information content (AvgIpc) is 1.59. The largest absolute Gasteiger partial charge is 0.417 e. The first-order chi connectivity index (χ1) is 4.15. The highest BCUT2D eigenvalue weighted by Gasteiger charge is 2.48. The first kappa shape index (κ1) is 9.68. The van der Waals surface area contributed by atoms with Gasteiger partial charge in [-0.05, 0) is 13.8 Å². The quantitative estimate of drug-likeness (QED) is 0.578. The van der Waals surface area contributed by atoms with E-state index in [1.165, 1.54) is 0 Å². The van der Waals surface area contributed by atoms with Gasteiger partial charge in [0.05, 0.1) is 0 Å². The fourth-order valence-electron chi connectivity index (χ4n) is 0.389. The van der Waals surface area contributed by atoms with Crippen molar-refractivity contribution < 1.29 is 22.7 Å². The summed E-state index contributed by atoms with van der Waals surface area (Å²) in [5, 5.41) is 8.22. The number of rotatable bonds is 1. The van der Waals surface area contributed by atoms with Gasteiger partial charge in [0.2, 0.25) is 0 Å². The topological polar surface area (TPSA) is 20.2 Å². The van der Waals surface area contributed by atoms with Gasteiger partial charge in [0.15, 0.2) is 6.10 Å². The molecule has 0 aromatic rings. The summed E-state index contributed by atoms with van der Waals surface area (Å²) in [4.78, 5) is 0. The third kappa shape index (κ3) is 2.51. The molecule has 0 fully saturated rings. The zero-order valence-corrected chi connectivity index (χ0v) is 5.54. The number of aliphatic hydroxyl groups is 1. The van der Waals surface area contributed by atoms with Gasteiger partial charge in [-0.1, -0.05) is 0 Å². The summed E-state index contributed by atoms with van der Waals surface area (Å²) in [6, 6.07) is 0. The Morgan fingerprint density at radius 1 is 1.10 bits per heavy atom. The number of alkyl halides is 4. The molecule has 0 saturated heterocycles. The maximum atomic E-state index is 12.3. The van der Waals surface area contributed by atoms with E-state index >= 15 is 0 Å². The van der Waals surface area contributed by atoms with Crippen LogP contribution in [0.1, 0.15) is 13.8 Å². The predicted octanol–water partition coefficient (Wildman–Crippen LogP) is 1.66. The van der Waals surface area contributed by atoms with Crippen molar-refractivity contribution in [2.75, 3.05) is 0 Å². The number of halogens is 4. The molecule has 0 unspecified atom stereocenters. The summed E-state index contributed by atoms with van der Waals surface area (Å²) in [7, 11) is 0. The molecule has 1 N–H and O–H groups in total. The van der Waals surface area contributed by atoms with E-state index in [1.807, 2.05) is 0 Å². The van der Waals surface area contributed by atoms with E-state index < -0.39 is 17.9 Å². The molecular weight excluding hydrogens is 152 g/mol. The number of hydrogen-bond acceptors (Lipinski definition) is 1. The van der Waals surface area contributed by atoms with Crippen LogP contribution in [0.3, 0.4) is 0 Å². The fourth-order valence-corrected chi connectivity index (χ4v) is 0.389. The van der Waals surface area contributed by atoms with Crippen LogP contribution < -0.4 is 0 Å². The molecule has 0 aromatic carbocycles. The second kappa shape index (κ2) is 2.38. The molecule has 0 spiro atoms. The van der Waals surface area contributed by atoms with Crippen LogP contribution >= 0.6 is 0 Å². The maximum absolute atomic E-state index is 12.3. The van der Waals surface area contributed by atoms with E-state index in [0.29, 0.717) is 13.8 Å². The van der Waals surface area contributed by atoms with Gasteiger partial charge in [-0.2, -0.15) is 13.2 Å².